The summed E-state index contributed by atoms with van der Waals surface area (Å²) in [7, 11) is -3.55. The van der Waals surface area contributed by atoms with Crippen molar-refractivity contribution in [2.75, 3.05) is 26.2 Å². The fourth-order valence-electron chi connectivity index (χ4n) is 2.74. The van der Waals surface area contributed by atoms with Gasteiger partial charge in [-0.15, -0.1) is 0 Å². The molecule has 1 aromatic heterocycles. The molecule has 3 rings (SSSR count). The minimum Gasteiger partial charge on any atom is -0.336 e. The zero-order valence-corrected chi connectivity index (χ0v) is 14.2. The van der Waals surface area contributed by atoms with E-state index in [1.807, 2.05) is 25.1 Å². The molecule has 2 heterocycles. The molecule has 24 heavy (non-hydrogen) atoms. The normalized spacial score (nSPS) is 16.1. The summed E-state index contributed by atoms with van der Waals surface area (Å²) in [6.45, 7) is 3.28. The fraction of sp³-hybridized carbons (Fsp3) is 0.294. The lowest BCUT2D eigenvalue weighted by molar-refractivity contribution is 0.0698. The number of hydrogen-bond donors (Lipinski definition) is 0. The predicted octanol–water partition coefficient (Wildman–Crippen LogP) is 1.54. The Kier molecular flexibility index (Phi) is 4.64. The van der Waals surface area contributed by atoms with Gasteiger partial charge in [-0.2, -0.15) is 4.31 Å². The molecule has 1 saturated heterocycles. The molecule has 0 spiro atoms. The molecule has 1 aliphatic rings. The zero-order valence-electron chi connectivity index (χ0n) is 13.4. The number of benzene rings is 1. The first-order valence-electron chi connectivity index (χ1n) is 7.74. The Balaban J connectivity index is 1.69. The summed E-state index contributed by atoms with van der Waals surface area (Å²) in [6, 6.07) is 10.6. The SMILES string of the molecule is Cc1cccc(C(=O)N2CCN(S(=O)(=O)c3cccnc3)CC2)c1. The lowest BCUT2D eigenvalue weighted by Crippen LogP contribution is -2.50. The molecule has 0 atom stereocenters. The average molecular weight is 345 g/mol. The highest BCUT2D eigenvalue weighted by Crippen LogP contribution is 2.17. The highest BCUT2D eigenvalue weighted by Gasteiger charge is 2.30. The smallest absolute Gasteiger partial charge is 0.253 e. The van der Waals surface area contributed by atoms with Crippen LogP contribution in [0.4, 0.5) is 0 Å². The number of carbonyl (C=O) groups excluding carboxylic acids is 1. The van der Waals surface area contributed by atoms with Gasteiger partial charge < -0.3 is 4.90 Å². The molecular weight excluding hydrogens is 326 g/mol. The standard InChI is InChI=1S/C17H19N3O3S/c1-14-4-2-5-15(12-14)17(21)19-8-10-20(11-9-19)24(22,23)16-6-3-7-18-13-16/h2-7,12-13H,8-11H2,1H3. The summed E-state index contributed by atoms with van der Waals surface area (Å²) in [5.41, 5.74) is 1.66. The van der Waals surface area contributed by atoms with E-state index in [1.165, 1.54) is 22.8 Å². The van der Waals surface area contributed by atoms with Gasteiger partial charge in [0, 0.05) is 44.1 Å². The second kappa shape index (κ2) is 6.70. The minimum absolute atomic E-state index is 0.0582. The number of sulfonamides is 1. The second-order valence-corrected chi connectivity index (χ2v) is 7.69. The van der Waals surface area contributed by atoms with Crippen molar-refractivity contribution >= 4 is 15.9 Å². The first-order valence-corrected chi connectivity index (χ1v) is 9.18. The summed E-state index contributed by atoms with van der Waals surface area (Å²) in [4.78, 5) is 18.3. The number of hydrogen-bond acceptors (Lipinski definition) is 4. The molecular formula is C17H19N3O3S. The molecule has 2 aromatic rings. The summed E-state index contributed by atoms with van der Waals surface area (Å²) < 4.78 is 26.5. The molecule has 0 aliphatic carbocycles. The third-order valence-electron chi connectivity index (χ3n) is 4.06. The Bertz CT molecular complexity index is 829. The van der Waals surface area contributed by atoms with E-state index in [9.17, 15) is 13.2 Å². The number of nitrogens with zero attached hydrogens (tertiary/aromatic N) is 3. The van der Waals surface area contributed by atoms with Crippen molar-refractivity contribution in [3.63, 3.8) is 0 Å². The third-order valence-corrected chi connectivity index (χ3v) is 5.95. The maximum atomic E-state index is 12.6. The topological polar surface area (TPSA) is 70.6 Å². The van der Waals surface area contributed by atoms with Crippen LogP contribution in [-0.2, 0) is 10.0 Å². The van der Waals surface area contributed by atoms with Crippen molar-refractivity contribution in [3.8, 4) is 0 Å². The van der Waals surface area contributed by atoms with E-state index in [2.05, 4.69) is 4.98 Å². The molecule has 1 fully saturated rings. The Morgan fingerprint density at radius 3 is 2.46 bits per heavy atom. The van der Waals surface area contributed by atoms with Crippen LogP contribution in [0.25, 0.3) is 0 Å². The number of aryl methyl sites for hydroxylation is 1. The number of rotatable bonds is 3. The first kappa shape index (κ1) is 16.6. The largest absolute Gasteiger partial charge is 0.336 e. The highest BCUT2D eigenvalue weighted by atomic mass is 32.2. The quantitative estimate of drug-likeness (QED) is 0.846. The monoisotopic (exact) mass is 345 g/mol. The molecule has 1 aromatic carbocycles. The molecule has 0 bridgehead atoms. The summed E-state index contributed by atoms with van der Waals surface area (Å²) >= 11 is 0. The molecule has 0 radical (unpaired) electrons. The number of amides is 1. The fourth-order valence-corrected chi connectivity index (χ4v) is 4.13. The van der Waals surface area contributed by atoms with Gasteiger partial charge in [0.05, 0.1) is 0 Å². The Morgan fingerprint density at radius 1 is 1.08 bits per heavy atom. The van der Waals surface area contributed by atoms with Gasteiger partial charge in [0.1, 0.15) is 4.90 Å². The van der Waals surface area contributed by atoms with Gasteiger partial charge in [0.15, 0.2) is 0 Å². The van der Waals surface area contributed by atoms with Crippen molar-refractivity contribution in [1.82, 2.24) is 14.2 Å². The number of carbonyl (C=O) groups is 1. The maximum absolute atomic E-state index is 12.6. The molecule has 126 valence electrons. The van der Waals surface area contributed by atoms with Gasteiger partial charge in [0.2, 0.25) is 10.0 Å². The molecule has 1 aliphatic heterocycles. The number of pyridine rings is 1. The van der Waals surface area contributed by atoms with Crippen LogP contribution in [0.2, 0.25) is 0 Å². The molecule has 6 nitrogen and oxygen atoms in total. The average Bonchev–Trinajstić information content (AvgIpc) is 2.62. The molecule has 0 unspecified atom stereocenters. The van der Waals surface area contributed by atoms with Crippen LogP contribution in [0.3, 0.4) is 0 Å². The lowest BCUT2D eigenvalue weighted by Gasteiger charge is -2.34. The van der Waals surface area contributed by atoms with E-state index in [4.69, 9.17) is 0 Å². The zero-order chi connectivity index (χ0) is 17.2. The first-order chi connectivity index (χ1) is 11.5. The minimum atomic E-state index is -3.55. The third kappa shape index (κ3) is 3.32. The predicted molar refractivity (Wildman–Crippen MR) is 90.1 cm³/mol. The summed E-state index contributed by atoms with van der Waals surface area (Å²) in [5.74, 6) is -0.0582. The van der Waals surface area contributed by atoms with E-state index in [-0.39, 0.29) is 23.9 Å². The van der Waals surface area contributed by atoms with Gasteiger partial charge in [-0.25, -0.2) is 8.42 Å². The van der Waals surface area contributed by atoms with E-state index < -0.39 is 10.0 Å². The van der Waals surface area contributed by atoms with Crippen molar-refractivity contribution in [2.24, 2.45) is 0 Å². The van der Waals surface area contributed by atoms with Crippen molar-refractivity contribution in [2.45, 2.75) is 11.8 Å². The lowest BCUT2D eigenvalue weighted by atomic mass is 10.1. The number of aromatic nitrogens is 1. The molecule has 7 heteroatoms. The van der Waals surface area contributed by atoms with Crippen LogP contribution in [-0.4, -0.2) is 54.7 Å². The van der Waals surface area contributed by atoms with Crippen LogP contribution < -0.4 is 0 Å². The Hall–Kier alpha value is -2.25. The van der Waals surface area contributed by atoms with Crippen molar-refractivity contribution in [1.29, 1.82) is 0 Å². The molecule has 0 saturated carbocycles. The van der Waals surface area contributed by atoms with Crippen LogP contribution in [0.5, 0.6) is 0 Å². The molecule has 1 amide bonds. The van der Waals surface area contributed by atoms with Crippen molar-refractivity contribution < 1.29 is 13.2 Å². The highest BCUT2D eigenvalue weighted by molar-refractivity contribution is 7.89. The van der Waals surface area contributed by atoms with Gasteiger partial charge in [-0.05, 0) is 31.2 Å². The van der Waals surface area contributed by atoms with Crippen LogP contribution >= 0.6 is 0 Å². The molecule has 0 N–H and O–H groups in total. The van der Waals surface area contributed by atoms with Crippen LogP contribution in [0, 0.1) is 6.92 Å². The maximum Gasteiger partial charge on any atom is 0.253 e. The van der Waals surface area contributed by atoms with E-state index >= 15 is 0 Å². The summed E-state index contributed by atoms with van der Waals surface area (Å²) in [5, 5.41) is 0. The van der Waals surface area contributed by atoms with Gasteiger partial charge >= 0.3 is 0 Å². The Morgan fingerprint density at radius 2 is 1.83 bits per heavy atom. The van der Waals surface area contributed by atoms with Gasteiger partial charge in [0.25, 0.3) is 5.91 Å². The van der Waals surface area contributed by atoms with Crippen LogP contribution in [0.15, 0.2) is 53.7 Å². The van der Waals surface area contributed by atoms with E-state index in [0.717, 1.165) is 5.56 Å². The Labute approximate surface area is 141 Å². The van der Waals surface area contributed by atoms with Crippen molar-refractivity contribution in [3.05, 3.63) is 59.9 Å². The number of piperazine rings is 1. The van der Waals surface area contributed by atoms with Crippen LogP contribution in [0.1, 0.15) is 15.9 Å². The summed E-state index contributed by atoms with van der Waals surface area (Å²) in [6.07, 6.45) is 2.89. The van der Waals surface area contributed by atoms with E-state index in [1.54, 1.807) is 17.0 Å². The second-order valence-electron chi connectivity index (χ2n) is 5.75. The van der Waals surface area contributed by atoms with Gasteiger partial charge in [-0.3, -0.25) is 9.78 Å². The van der Waals surface area contributed by atoms with E-state index in [0.29, 0.717) is 18.7 Å². The van der Waals surface area contributed by atoms with Gasteiger partial charge in [-0.1, -0.05) is 17.7 Å².